The fourth-order valence-corrected chi connectivity index (χ4v) is 3.82. The third-order valence-corrected chi connectivity index (χ3v) is 5.91. The van der Waals surface area contributed by atoms with Crippen molar-refractivity contribution < 1.29 is 9.53 Å². The summed E-state index contributed by atoms with van der Waals surface area (Å²) in [7, 11) is 0. The summed E-state index contributed by atoms with van der Waals surface area (Å²) in [5, 5.41) is 10.8. The van der Waals surface area contributed by atoms with Crippen molar-refractivity contribution in [3.63, 3.8) is 0 Å². The Morgan fingerprint density at radius 2 is 1.74 bits per heavy atom. The average Bonchev–Trinajstić information content (AvgIpc) is 3.10. The van der Waals surface area contributed by atoms with E-state index in [9.17, 15) is 4.79 Å². The minimum Gasteiger partial charge on any atom is -0.492 e. The van der Waals surface area contributed by atoms with E-state index >= 15 is 0 Å². The zero-order valence-corrected chi connectivity index (χ0v) is 21.9. The van der Waals surface area contributed by atoms with E-state index in [-0.39, 0.29) is 11.3 Å². The minimum atomic E-state index is -0.233. The van der Waals surface area contributed by atoms with Crippen LogP contribution in [0.5, 0.6) is 5.75 Å². The molecule has 0 saturated carbocycles. The molecular formula is C28H37N5O2. The van der Waals surface area contributed by atoms with Crippen molar-refractivity contribution in [2.45, 2.75) is 67.0 Å². The van der Waals surface area contributed by atoms with Crippen LogP contribution in [0.3, 0.4) is 0 Å². The second kappa shape index (κ2) is 11.2. The molecule has 0 aliphatic rings. The smallest absolute Gasteiger partial charge is 0.257 e. The highest BCUT2D eigenvalue weighted by atomic mass is 16.5. The normalized spacial score (nSPS) is 11.9. The minimum absolute atomic E-state index is 0.0187. The van der Waals surface area contributed by atoms with Gasteiger partial charge >= 0.3 is 0 Å². The molecule has 186 valence electrons. The molecule has 1 aromatic heterocycles. The fraction of sp³-hybridized carbons (Fsp3) is 0.393. The molecule has 2 N–H and O–H groups in total. The number of rotatable bonds is 7. The maximum Gasteiger partial charge on any atom is 0.257 e. The number of hydrogen-bond acceptors (Lipinski definition) is 4. The molecule has 3 rings (SSSR count). The summed E-state index contributed by atoms with van der Waals surface area (Å²) in [5.41, 5.74) is 5.55. The van der Waals surface area contributed by atoms with Gasteiger partial charge in [0.2, 0.25) is 5.96 Å². The zero-order chi connectivity index (χ0) is 25.6. The van der Waals surface area contributed by atoms with Gasteiger partial charge in [-0.25, -0.2) is 4.99 Å². The lowest BCUT2D eigenvalue weighted by Crippen LogP contribution is -2.36. The van der Waals surface area contributed by atoms with Gasteiger partial charge in [-0.15, -0.1) is 0 Å². The van der Waals surface area contributed by atoms with Crippen molar-refractivity contribution in [3.8, 4) is 5.75 Å². The van der Waals surface area contributed by atoms with Crippen LogP contribution < -0.4 is 15.4 Å². The van der Waals surface area contributed by atoms with E-state index in [1.165, 1.54) is 5.56 Å². The van der Waals surface area contributed by atoms with Gasteiger partial charge in [0.1, 0.15) is 5.75 Å². The van der Waals surface area contributed by atoms with E-state index in [2.05, 4.69) is 43.4 Å². The first-order valence-corrected chi connectivity index (χ1v) is 12.1. The van der Waals surface area contributed by atoms with Gasteiger partial charge in [0.15, 0.2) is 0 Å². The highest BCUT2D eigenvalue weighted by molar-refractivity contribution is 6.10. The number of aromatic nitrogens is 2. The van der Waals surface area contributed by atoms with Crippen LogP contribution in [0.25, 0.3) is 0 Å². The largest absolute Gasteiger partial charge is 0.492 e. The van der Waals surface area contributed by atoms with Crippen molar-refractivity contribution in [3.05, 3.63) is 76.6 Å². The van der Waals surface area contributed by atoms with Crippen LogP contribution in [0, 0.1) is 13.8 Å². The summed E-state index contributed by atoms with van der Waals surface area (Å²) in [6.45, 7) is 16.2. The number of para-hydroxylation sites is 2. The molecular weight excluding hydrogens is 438 g/mol. The van der Waals surface area contributed by atoms with Gasteiger partial charge in [0.05, 0.1) is 24.5 Å². The van der Waals surface area contributed by atoms with Crippen molar-refractivity contribution in [1.29, 1.82) is 0 Å². The van der Waals surface area contributed by atoms with Crippen molar-refractivity contribution in [2.75, 3.05) is 11.9 Å². The number of guanidine groups is 1. The number of anilines is 1. The molecule has 0 aliphatic heterocycles. The quantitative estimate of drug-likeness (QED) is 0.344. The van der Waals surface area contributed by atoms with Gasteiger partial charge in [-0.2, -0.15) is 5.10 Å². The lowest BCUT2D eigenvalue weighted by Gasteiger charge is -2.19. The highest BCUT2D eigenvalue weighted by Crippen LogP contribution is 2.24. The van der Waals surface area contributed by atoms with Crippen molar-refractivity contribution in [1.82, 2.24) is 15.1 Å². The number of nitrogens with zero attached hydrogens (tertiary/aromatic N) is 3. The summed E-state index contributed by atoms with van der Waals surface area (Å²) >= 11 is 0. The lowest BCUT2D eigenvalue weighted by atomic mass is 9.87. The number of aryl methyl sites for hydroxylation is 2. The number of benzene rings is 2. The Bertz CT molecular complexity index is 1190. The Balaban J connectivity index is 1.90. The number of aliphatic imine (C=N–C) groups is 1. The molecule has 7 heteroatoms. The second-order valence-corrected chi connectivity index (χ2v) is 9.47. The SMILES string of the molecule is CCOc1ccccc1NC(=NCc1c(C)nn(CC)c1C)NC(=O)c1ccc(C(C)(C)C)cc1. The Labute approximate surface area is 208 Å². The lowest BCUT2D eigenvalue weighted by molar-refractivity contribution is 0.0977. The molecule has 0 saturated heterocycles. The Hall–Kier alpha value is -3.61. The van der Waals surface area contributed by atoms with Gasteiger partial charge in [-0.3, -0.25) is 14.8 Å². The monoisotopic (exact) mass is 475 g/mol. The Morgan fingerprint density at radius 1 is 1.06 bits per heavy atom. The molecule has 0 bridgehead atoms. The van der Waals surface area contributed by atoms with E-state index in [1.807, 2.05) is 74.0 Å². The van der Waals surface area contributed by atoms with Gasteiger partial charge < -0.3 is 10.1 Å². The van der Waals surface area contributed by atoms with E-state index in [4.69, 9.17) is 9.73 Å². The number of hydrogen-bond donors (Lipinski definition) is 2. The summed E-state index contributed by atoms with van der Waals surface area (Å²) in [6.07, 6.45) is 0. The van der Waals surface area contributed by atoms with Crippen LogP contribution in [0.15, 0.2) is 53.5 Å². The van der Waals surface area contributed by atoms with Gasteiger partial charge in [-0.1, -0.05) is 45.0 Å². The second-order valence-electron chi connectivity index (χ2n) is 9.47. The summed E-state index contributed by atoms with van der Waals surface area (Å²) in [6, 6.07) is 15.3. The van der Waals surface area contributed by atoms with Crippen molar-refractivity contribution in [2.24, 2.45) is 4.99 Å². The molecule has 3 aromatic rings. The topological polar surface area (TPSA) is 80.5 Å². The summed E-state index contributed by atoms with van der Waals surface area (Å²) < 4.78 is 7.71. The molecule has 1 heterocycles. The standard InChI is InChI=1S/C28H37N5O2/c1-8-33-20(4)23(19(3)32-33)18-29-27(30-24-12-10-11-13-25(24)35-9-2)31-26(34)21-14-16-22(17-15-21)28(5,6)7/h10-17H,8-9,18H2,1-7H3,(H2,29,30,31,34). The first-order valence-electron chi connectivity index (χ1n) is 12.1. The summed E-state index contributed by atoms with van der Waals surface area (Å²) in [4.78, 5) is 17.9. The molecule has 35 heavy (non-hydrogen) atoms. The molecule has 0 atom stereocenters. The van der Waals surface area contributed by atoms with Crippen LogP contribution >= 0.6 is 0 Å². The van der Waals surface area contributed by atoms with Crippen LogP contribution in [0.4, 0.5) is 5.69 Å². The van der Waals surface area contributed by atoms with E-state index in [0.717, 1.165) is 29.2 Å². The van der Waals surface area contributed by atoms with Crippen LogP contribution in [-0.4, -0.2) is 28.3 Å². The van der Waals surface area contributed by atoms with Crippen LogP contribution in [0.1, 0.15) is 67.5 Å². The zero-order valence-electron chi connectivity index (χ0n) is 21.9. The third-order valence-electron chi connectivity index (χ3n) is 5.91. The van der Waals surface area contributed by atoms with Crippen LogP contribution in [-0.2, 0) is 18.5 Å². The van der Waals surface area contributed by atoms with E-state index in [1.54, 1.807) is 0 Å². The summed E-state index contributed by atoms with van der Waals surface area (Å²) in [5.74, 6) is 0.811. The molecule has 7 nitrogen and oxygen atoms in total. The van der Waals surface area contributed by atoms with E-state index < -0.39 is 0 Å². The molecule has 0 radical (unpaired) electrons. The number of ether oxygens (including phenoxy) is 1. The molecule has 1 amide bonds. The van der Waals surface area contributed by atoms with E-state index in [0.29, 0.717) is 30.4 Å². The molecule has 0 fully saturated rings. The van der Waals surface area contributed by atoms with Gasteiger partial charge in [-0.05, 0) is 62.9 Å². The highest BCUT2D eigenvalue weighted by Gasteiger charge is 2.16. The number of carbonyl (C=O) groups is 1. The fourth-order valence-electron chi connectivity index (χ4n) is 3.82. The number of nitrogens with one attached hydrogen (secondary N) is 2. The van der Waals surface area contributed by atoms with Gasteiger partial charge in [0, 0.05) is 23.4 Å². The van der Waals surface area contributed by atoms with Crippen LogP contribution in [0.2, 0.25) is 0 Å². The predicted molar refractivity (Wildman–Crippen MR) is 142 cm³/mol. The maximum absolute atomic E-state index is 13.1. The maximum atomic E-state index is 13.1. The average molecular weight is 476 g/mol. The molecule has 2 aromatic carbocycles. The molecule has 0 aliphatic carbocycles. The number of carbonyl (C=O) groups excluding carboxylic acids is 1. The Kier molecular flexibility index (Phi) is 8.33. The van der Waals surface area contributed by atoms with Crippen molar-refractivity contribution >= 4 is 17.6 Å². The first-order chi connectivity index (χ1) is 16.6. The predicted octanol–water partition coefficient (Wildman–Crippen LogP) is 5.61. The van der Waals surface area contributed by atoms with Gasteiger partial charge in [0.25, 0.3) is 5.91 Å². The molecule has 0 spiro atoms. The first kappa shape index (κ1) is 26.0. The Morgan fingerprint density at radius 3 is 2.34 bits per heavy atom. The molecule has 0 unspecified atom stereocenters. The number of amides is 1. The third kappa shape index (κ3) is 6.50.